The van der Waals surface area contributed by atoms with Crippen molar-refractivity contribution < 1.29 is 14.5 Å². The number of non-ortho nitro benzene ring substituents is 1. The highest BCUT2D eigenvalue weighted by Gasteiger charge is 2.15. The third-order valence-corrected chi connectivity index (χ3v) is 4.79. The van der Waals surface area contributed by atoms with Crippen molar-refractivity contribution in [1.82, 2.24) is 0 Å². The van der Waals surface area contributed by atoms with Crippen LogP contribution in [-0.4, -0.2) is 17.5 Å². The molecule has 0 fully saturated rings. The van der Waals surface area contributed by atoms with Gasteiger partial charge in [0.15, 0.2) is 0 Å². The first-order valence-electron chi connectivity index (χ1n) is 8.97. The lowest BCUT2D eigenvalue weighted by Gasteiger charge is -2.16. The molecule has 0 bridgehead atoms. The number of esters is 1. The second-order valence-corrected chi connectivity index (χ2v) is 7.14. The molecule has 30 heavy (non-hydrogen) atoms. The molecule has 0 saturated heterocycles. The molecule has 0 spiro atoms. The van der Waals surface area contributed by atoms with Crippen LogP contribution in [0.2, 0.25) is 10.0 Å². The van der Waals surface area contributed by atoms with Crippen molar-refractivity contribution in [2.24, 2.45) is 10.2 Å². The van der Waals surface area contributed by atoms with E-state index in [4.69, 9.17) is 33.2 Å². The first-order chi connectivity index (χ1) is 14.3. The summed E-state index contributed by atoms with van der Waals surface area (Å²) in [6.45, 7) is 1.64. The van der Waals surface area contributed by atoms with E-state index in [0.29, 0.717) is 24.9 Å². The molecule has 10 heteroatoms. The third-order valence-electron chi connectivity index (χ3n) is 4.22. The summed E-state index contributed by atoms with van der Waals surface area (Å²) >= 11 is 12.1. The number of carbonyl (C=O) groups excluding carboxylic acids is 1. The minimum atomic E-state index is -0.596. The van der Waals surface area contributed by atoms with Crippen LogP contribution in [0.1, 0.15) is 37.7 Å². The van der Waals surface area contributed by atoms with E-state index in [9.17, 15) is 14.9 Å². The first kappa shape index (κ1) is 23.3. The highest BCUT2D eigenvalue weighted by Crippen LogP contribution is 2.38. The quantitative estimate of drug-likeness (QED) is 0.184. The molecule has 0 aliphatic carbocycles. The van der Waals surface area contributed by atoms with Gasteiger partial charge < -0.3 is 4.74 Å². The monoisotopic (exact) mass is 448 g/mol. The maximum absolute atomic E-state index is 11.0. The largest absolute Gasteiger partial charge is 0.466 e. The Bertz CT molecular complexity index is 964. The Kier molecular flexibility index (Phi) is 8.71. The number of nitrogens with zero attached hydrogens (tertiary/aromatic N) is 4. The molecule has 2 aromatic rings. The average Bonchev–Trinajstić information content (AvgIpc) is 2.70. The zero-order valence-corrected chi connectivity index (χ0v) is 17.6. The number of nitro benzene ring substituents is 1. The van der Waals surface area contributed by atoms with Crippen molar-refractivity contribution in [3.63, 3.8) is 0 Å². The molecule has 0 aromatic heterocycles. The fourth-order valence-electron chi connectivity index (χ4n) is 2.74. The Labute approximate surface area is 183 Å². The van der Waals surface area contributed by atoms with Crippen LogP contribution in [0, 0.1) is 21.4 Å². The van der Waals surface area contributed by atoms with Gasteiger partial charge >= 0.3 is 5.97 Å². The molecule has 0 N–H and O–H groups in total. The molecule has 0 amide bonds. The van der Waals surface area contributed by atoms with E-state index in [0.717, 1.165) is 17.7 Å². The van der Waals surface area contributed by atoms with Gasteiger partial charge in [-0.05, 0) is 36.5 Å². The minimum Gasteiger partial charge on any atom is -0.466 e. The third kappa shape index (κ3) is 6.79. The van der Waals surface area contributed by atoms with Crippen molar-refractivity contribution in [1.29, 1.82) is 5.26 Å². The summed E-state index contributed by atoms with van der Waals surface area (Å²) in [6.07, 6.45) is 1.64. The molecular weight excluding hydrogens is 431 g/mol. The van der Waals surface area contributed by atoms with Crippen LogP contribution in [0.5, 0.6) is 0 Å². The van der Waals surface area contributed by atoms with E-state index in [1.165, 1.54) is 6.92 Å². The molecule has 2 rings (SSSR count). The summed E-state index contributed by atoms with van der Waals surface area (Å²) in [7, 11) is 0. The van der Waals surface area contributed by atoms with Gasteiger partial charge in [0.1, 0.15) is 5.69 Å². The first-order valence-corrected chi connectivity index (χ1v) is 9.73. The summed E-state index contributed by atoms with van der Waals surface area (Å²) < 4.78 is 5.01. The van der Waals surface area contributed by atoms with E-state index in [1.807, 2.05) is 12.1 Å². The molecule has 1 atom stereocenters. The molecule has 8 nitrogen and oxygen atoms in total. The van der Waals surface area contributed by atoms with Crippen LogP contribution in [0.25, 0.3) is 0 Å². The lowest BCUT2D eigenvalue weighted by Crippen LogP contribution is -2.07. The van der Waals surface area contributed by atoms with E-state index < -0.39 is 4.92 Å². The second kappa shape index (κ2) is 11.2. The standard InChI is InChI=1S/C20H18Cl2N4O4/c1-13(27)30-10-8-14(3-2-9-23)15-4-6-16(7-5-15)24-25-20-18(21)11-17(26(28)29)12-19(20)22/h4-7,11-12,14H,2-3,8,10H2,1H3. The Morgan fingerprint density at radius 2 is 1.83 bits per heavy atom. The zero-order valence-electron chi connectivity index (χ0n) is 16.0. The molecular formula is C20H18Cl2N4O4. The summed E-state index contributed by atoms with van der Waals surface area (Å²) in [5.41, 5.74) is 1.43. The Morgan fingerprint density at radius 1 is 1.20 bits per heavy atom. The molecule has 0 aliphatic heterocycles. The predicted molar refractivity (Wildman–Crippen MR) is 113 cm³/mol. The maximum atomic E-state index is 11.0. The minimum absolute atomic E-state index is 0.0246. The van der Waals surface area contributed by atoms with Crippen LogP contribution in [0.4, 0.5) is 17.1 Å². The normalized spacial score (nSPS) is 11.8. The molecule has 156 valence electrons. The van der Waals surface area contributed by atoms with Crippen molar-refractivity contribution in [3.05, 3.63) is 62.1 Å². The number of ether oxygens (including phenoxy) is 1. The van der Waals surface area contributed by atoms with Gasteiger partial charge in [-0.15, -0.1) is 5.11 Å². The Hall–Kier alpha value is -3.02. The fraction of sp³-hybridized carbons (Fsp3) is 0.300. The van der Waals surface area contributed by atoms with Crippen LogP contribution in [-0.2, 0) is 9.53 Å². The van der Waals surface area contributed by atoms with E-state index in [1.54, 1.807) is 12.1 Å². The number of carbonyl (C=O) groups is 1. The fourth-order valence-corrected chi connectivity index (χ4v) is 3.29. The maximum Gasteiger partial charge on any atom is 0.302 e. The number of nitriles is 1. The van der Waals surface area contributed by atoms with Crippen molar-refractivity contribution in [3.8, 4) is 6.07 Å². The SMILES string of the molecule is CC(=O)OCCC(CCC#N)c1ccc(N=Nc2c(Cl)cc([N+](=O)[O-])cc2Cl)cc1. The smallest absolute Gasteiger partial charge is 0.302 e. The van der Waals surface area contributed by atoms with Gasteiger partial charge in [0.05, 0.1) is 33.3 Å². The number of halogens is 2. The number of azo groups is 1. The van der Waals surface area contributed by atoms with Crippen LogP contribution in [0.3, 0.4) is 0 Å². The highest BCUT2D eigenvalue weighted by molar-refractivity contribution is 6.39. The summed E-state index contributed by atoms with van der Waals surface area (Å²) in [5, 5.41) is 27.8. The lowest BCUT2D eigenvalue weighted by molar-refractivity contribution is -0.384. The number of nitro groups is 1. The Balaban J connectivity index is 2.15. The summed E-state index contributed by atoms with van der Waals surface area (Å²) in [4.78, 5) is 21.2. The van der Waals surface area contributed by atoms with Gasteiger partial charge in [0, 0.05) is 25.5 Å². The van der Waals surface area contributed by atoms with Crippen LogP contribution >= 0.6 is 23.2 Å². The van der Waals surface area contributed by atoms with Gasteiger partial charge in [0.2, 0.25) is 0 Å². The van der Waals surface area contributed by atoms with Crippen LogP contribution < -0.4 is 0 Å². The zero-order chi connectivity index (χ0) is 22.1. The second-order valence-electron chi connectivity index (χ2n) is 6.33. The van der Waals surface area contributed by atoms with E-state index in [-0.39, 0.29) is 39.9 Å². The van der Waals surface area contributed by atoms with Crippen molar-refractivity contribution >= 4 is 46.2 Å². The van der Waals surface area contributed by atoms with Gasteiger partial charge in [-0.3, -0.25) is 14.9 Å². The molecule has 0 heterocycles. The molecule has 0 radical (unpaired) electrons. The number of rotatable bonds is 9. The topological polar surface area (TPSA) is 118 Å². The van der Waals surface area contributed by atoms with E-state index in [2.05, 4.69) is 16.3 Å². The van der Waals surface area contributed by atoms with Crippen LogP contribution in [0.15, 0.2) is 46.6 Å². The number of hydrogen-bond donors (Lipinski definition) is 0. The highest BCUT2D eigenvalue weighted by atomic mass is 35.5. The van der Waals surface area contributed by atoms with Gasteiger partial charge in [-0.1, -0.05) is 35.3 Å². The molecule has 1 unspecified atom stereocenters. The van der Waals surface area contributed by atoms with Gasteiger partial charge in [-0.25, -0.2) is 0 Å². The van der Waals surface area contributed by atoms with Crippen molar-refractivity contribution in [2.45, 2.75) is 32.1 Å². The lowest BCUT2D eigenvalue weighted by atomic mass is 9.91. The van der Waals surface area contributed by atoms with Gasteiger partial charge in [0.25, 0.3) is 5.69 Å². The molecule has 0 saturated carbocycles. The predicted octanol–water partition coefficient (Wildman–Crippen LogP) is 6.66. The van der Waals surface area contributed by atoms with E-state index >= 15 is 0 Å². The molecule has 2 aromatic carbocycles. The van der Waals surface area contributed by atoms with Crippen molar-refractivity contribution in [2.75, 3.05) is 6.61 Å². The summed E-state index contributed by atoms with van der Waals surface area (Å²) in [5.74, 6) is -0.276. The van der Waals surface area contributed by atoms with Gasteiger partial charge in [-0.2, -0.15) is 10.4 Å². The summed E-state index contributed by atoms with van der Waals surface area (Å²) in [6, 6.07) is 11.7. The Morgan fingerprint density at radius 3 is 2.37 bits per heavy atom. The average molecular weight is 449 g/mol. The number of hydrogen-bond acceptors (Lipinski definition) is 7. The number of benzene rings is 2. The molecule has 0 aliphatic rings.